The van der Waals surface area contributed by atoms with Crippen LogP contribution < -0.4 is 5.32 Å². The fraction of sp³-hybridized carbons (Fsp3) is 0.263. The Morgan fingerprint density at radius 2 is 1.96 bits per heavy atom. The molecule has 4 nitrogen and oxygen atoms in total. The third-order valence-corrected chi connectivity index (χ3v) is 3.90. The van der Waals surface area contributed by atoms with Gasteiger partial charge in [-0.05, 0) is 24.1 Å². The highest BCUT2D eigenvalue weighted by atomic mass is 16.5. The first-order valence-corrected chi connectivity index (χ1v) is 7.74. The third kappa shape index (κ3) is 3.59. The number of carbonyl (C=O) groups excluding carboxylic acids is 2. The lowest BCUT2D eigenvalue weighted by Crippen LogP contribution is -2.18. The first-order chi connectivity index (χ1) is 11.1. The molecule has 4 heteroatoms. The molecule has 1 atom stereocenters. The summed E-state index contributed by atoms with van der Waals surface area (Å²) in [4.78, 5) is 24.3. The summed E-state index contributed by atoms with van der Waals surface area (Å²) in [7, 11) is 0. The first-order valence-electron chi connectivity index (χ1n) is 7.74. The van der Waals surface area contributed by atoms with Crippen molar-refractivity contribution in [3.63, 3.8) is 0 Å². The van der Waals surface area contributed by atoms with Crippen molar-refractivity contribution >= 4 is 17.4 Å². The normalized spacial score (nSPS) is 16.9. The van der Waals surface area contributed by atoms with E-state index < -0.39 is 0 Å². The van der Waals surface area contributed by atoms with E-state index in [0.29, 0.717) is 18.4 Å². The van der Waals surface area contributed by atoms with E-state index in [4.69, 9.17) is 4.74 Å². The molecule has 0 amide bonds. The summed E-state index contributed by atoms with van der Waals surface area (Å²) in [5.41, 5.74) is 3.01. The highest BCUT2D eigenvalue weighted by Crippen LogP contribution is 2.27. The summed E-state index contributed by atoms with van der Waals surface area (Å²) < 4.78 is 5.42. The van der Waals surface area contributed by atoms with Gasteiger partial charge in [0, 0.05) is 18.9 Å². The molecule has 0 radical (unpaired) electrons. The van der Waals surface area contributed by atoms with Crippen LogP contribution in [0, 0.1) is 0 Å². The number of benzene rings is 2. The number of Topliss-reactive ketones (excluding diaryl/α,β-unsaturated/α-hetero) is 1. The molecular formula is C19H19NO3. The second-order valence-electron chi connectivity index (χ2n) is 5.87. The standard InChI is InChI=1S/C19H19NO3/c1-13-10-16(21)11-15-8-5-9-17(18(15)20-13)19(22)23-12-14-6-3-2-4-7-14/h2-9,13,20H,10-12H2,1H3/t13-/m1/s1. The zero-order chi connectivity index (χ0) is 16.2. The van der Waals surface area contributed by atoms with Crippen LogP contribution in [-0.2, 0) is 22.6 Å². The number of nitrogens with one attached hydrogen (secondary N) is 1. The van der Waals surface area contributed by atoms with Gasteiger partial charge in [0.25, 0.3) is 0 Å². The maximum Gasteiger partial charge on any atom is 0.340 e. The number of ketones is 1. The molecule has 0 bridgehead atoms. The van der Waals surface area contributed by atoms with Crippen molar-refractivity contribution in [1.29, 1.82) is 0 Å². The second-order valence-corrected chi connectivity index (χ2v) is 5.87. The van der Waals surface area contributed by atoms with Crippen LogP contribution >= 0.6 is 0 Å². The lowest BCUT2D eigenvalue weighted by molar-refractivity contribution is -0.118. The van der Waals surface area contributed by atoms with Crippen molar-refractivity contribution in [1.82, 2.24) is 0 Å². The van der Waals surface area contributed by atoms with Gasteiger partial charge < -0.3 is 10.1 Å². The number of rotatable bonds is 3. The van der Waals surface area contributed by atoms with Crippen molar-refractivity contribution in [3.8, 4) is 0 Å². The highest BCUT2D eigenvalue weighted by Gasteiger charge is 2.23. The summed E-state index contributed by atoms with van der Waals surface area (Å²) in [6.45, 7) is 2.18. The molecule has 0 fully saturated rings. The lowest BCUT2D eigenvalue weighted by Gasteiger charge is -2.16. The number of hydrogen-bond donors (Lipinski definition) is 1. The van der Waals surface area contributed by atoms with E-state index in [-0.39, 0.29) is 24.4 Å². The summed E-state index contributed by atoms with van der Waals surface area (Å²) in [6.07, 6.45) is 0.819. The van der Waals surface area contributed by atoms with E-state index in [1.807, 2.05) is 43.3 Å². The molecule has 0 aromatic heterocycles. The van der Waals surface area contributed by atoms with Crippen LogP contribution in [0.1, 0.15) is 34.8 Å². The van der Waals surface area contributed by atoms with Crippen LogP contribution in [0.3, 0.4) is 0 Å². The van der Waals surface area contributed by atoms with Crippen LogP contribution in [0.15, 0.2) is 48.5 Å². The number of carbonyl (C=O) groups is 2. The van der Waals surface area contributed by atoms with Gasteiger partial charge in [-0.3, -0.25) is 4.79 Å². The quantitative estimate of drug-likeness (QED) is 0.883. The molecule has 0 spiro atoms. The summed E-state index contributed by atoms with van der Waals surface area (Å²) in [6, 6.07) is 15.0. The Hall–Kier alpha value is -2.62. The summed E-state index contributed by atoms with van der Waals surface area (Å²) in [5.74, 6) is -0.196. The number of hydrogen-bond acceptors (Lipinski definition) is 4. The van der Waals surface area contributed by atoms with Crippen molar-refractivity contribution in [3.05, 3.63) is 65.2 Å². The van der Waals surface area contributed by atoms with E-state index in [0.717, 1.165) is 16.8 Å². The van der Waals surface area contributed by atoms with Crippen LogP contribution in [-0.4, -0.2) is 17.8 Å². The van der Waals surface area contributed by atoms with E-state index in [1.165, 1.54) is 0 Å². The molecule has 2 aromatic rings. The molecule has 0 unspecified atom stereocenters. The first kappa shape index (κ1) is 15.3. The van der Waals surface area contributed by atoms with Crippen LogP contribution in [0.2, 0.25) is 0 Å². The molecule has 1 aliphatic rings. The van der Waals surface area contributed by atoms with Gasteiger partial charge >= 0.3 is 5.97 Å². The monoisotopic (exact) mass is 309 g/mol. The Morgan fingerprint density at radius 1 is 1.17 bits per heavy atom. The van der Waals surface area contributed by atoms with Gasteiger partial charge in [0.1, 0.15) is 12.4 Å². The Labute approximate surface area is 135 Å². The minimum atomic E-state index is -0.375. The molecule has 23 heavy (non-hydrogen) atoms. The van der Waals surface area contributed by atoms with Crippen LogP contribution in [0.4, 0.5) is 5.69 Å². The average Bonchev–Trinajstić information content (AvgIpc) is 2.69. The van der Waals surface area contributed by atoms with Crippen LogP contribution in [0.5, 0.6) is 0 Å². The number of esters is 1. The molecule has 1 N–H and O–H groups in total. The molecule has 0 aliphatic carbocycles. The Balaban J connectivity index is 1.81. The van der Waals surface area contributed by atoms with E-state index in [9.17, 15) is 9.59 Å². The SMILES string of the molecule is C[C@@H]1CC(=O)Cc2cccc(C(=O)OCc3ccccc3)c2N1. The van der Waals surface area contributed by atoms with Gasteiger partial charge in [0.05, 0.1) is 11.3 Å². The predicted octanol–water partition coefficient (Wildman–Crippen LogP) is 3.36. The number of ether oxygens (including phenoxy) is 1. The molecular weight excluding hydrogens is 290 g/mol. The molecule has 0 saturated carbocycles. The van der Waals surface area contributed by atoms with Gasteiger partial charge in [-0.15, -0.1) is 0 Å². The number of fused-ring (bicyclic) bond motifs is 1. The van der Waals surface area contributed by atoms with Gasteiger partial charge in [-0.1, -0.05) is 42.5 Å². The smallest absolute Gasteiger partial charge is 0.340 e. The van der Waals surface area contributed by atoms with Gasteiger partial charge in [-0.25, -0.2) is 4.79 Å². The van der Waals surface area contributed by atoms with Crippen molar-refractivity contribution in [2.75, 3.05) is 5.32 Å². The molecule has 0 saturated heterocycles. The van der Waals surface area contributed by atoms with Crippen LogP contribution in [0.25, 0.3) is 0 Å². The fourth-order valence-electron chi connectivity index (χ4n) is 2.81. The van der Waals surface area contributed by atoms with Crippen molar-refractivity contribution < 1.29 is 14.3 Å². The molecule has 3 rings (SSSR count). The second kappa shape index (κ2) is 6.65. The van der Waals surface area contributed by atoms with Crippen molar-refractivity contribution in [2.24, 2.45) is 0 Å². The summed E-state index contributed by atoms with van der Waals surface area (Å²) in [5, 5.41) is 3.28. The Kier molecular flexibility index (Phi) is 4.42. The zero-order valence-corrected chi connectivity index (χ0v) is 13.0. The van der Waals surface area contributed by atoms with E-state index >= 15 is 0 Å². The topological polar surface area (TPSA) is 55.4 Å². The van der Waals surface area contributed by atoms with E-state index in [2.05, 4.69) is 5.32 Å². The average molecular weight is 309 g/mol. The Morgan fingerprint density at radius 3 is 2.74 bits per heavy atom. The minimum absolute atomic E-state index is 0.00632. The van der Waals surface area contributed by atoms with Gasteiger partial charge in [0.15, 0.2) is 0 Å². The lowest BCUT2D eigenvalue weighted by atomic mass is 10.0. The number of para-hydroxylation sites is 1. The highest BCUT2D eigenvalue weighted by molar-refractivity contribution is 5.98. The predicted molar refractivity (Wildman–Crippen MR) is 88.4 cm³/mol. The fourth-order valence-corrected chi connectivity index (χ4v) is 2.81. The number of anilines is 1. The molecule has 1 aliphatic heterocycles. The zero-order valence-electron chi connectivity index (χ0n) is 13.0. The summed E-state index contributed by atoms with van der Waals surface area (Å²) >= 11 is 0. The molecule has 118 valence electrons. The largest absolute Gasteiger partial charge is 0.457 e. The third-order valence-electron chi connectivity index (χ3n) is 3.90. The molecule has 2 aromatic carbocycles. The minimum Gasteiger partial charge on any atom is -0.457 e. The maximum absolute atomic E-state index is 12.4. The van der Waals surface area contributed by atoms with E-state index in [1.54, 1.807) is 12.1 Å². The van der Waals surface area contributed by atoms with Gasteiger partial charge in [0.2, 0.25) is 0 Å². The Bertz CT molecular complexity index is 725. The maximum atomic E-state index is 12.4. The van der Waals surface area contributed by atoms with Crippen molar-refractivity contribution in [2.45, 2.75) is 32.4 Å². The molecule has 1 heterocycles. The van der Waals surface area contributed by atoms with Gasteiger partial charge in [-0.2, -0.15) is 0 Å².